The van der Waals surface area contributed by atoms with E-state index in [1.165, 1.54) is 7.11 Å². The fourth-order valence-corrected chi connectivity index (χ4v) is 1.72. The number of amides is 1. The molecule has 1 aromatic carbocycles. The van der Waals surface area contributed by atoms with E-state index >= 15 is 0 Å². The lowest BCUT2D eigenvalue weighted by Gasteiger charge is -2.20. The van der Waals surface area contributed by atoms with Gasteiger partial charge in [-0.15, -0.1) is 12.4 Å². The highest BCUT2D eigenvalue weighted by Gasteiger charge is 2.19. The van der Waals surface area contributed by atoms with Crippen molar-refractivity contribution in [1.29, 1.82) is 0 Å². The number of carbonyl (C=O) groups is 1. The third kappa shape index (κ3) is 4.70. The molecule has 1 amide bonds. The first kappa shape index (κ1) is 17.7. The van der Waals surface area contributed by atoms with Gasteiger partial charge in [-0.2, -0.15) is 0 Å². The molecule has 19 heavy (non-hydrogen) atoms. The maximum absolute atomic E-state index is 11.8. The van der Waals surface area contributed by atoms with E-state index in [0.29, 0.717) is 0 Å². The topological polar surface area (TPSA) is 73.6 Å². The molecule has 6 heteroatoms. The van der Waals surface area contributed by atoms with Crippen LogP contribution >= 0.6 is 12.4 Å². The Morgan fingerprint density at radius 1 is 1.37 bits per heavy atom. The molecule has 5 nitrogen and oxygen atoms in total. The second-order valence-electron chi connectivity index (χ2n) is 3.93. The van der Waals surface area contributed by atoms with Gasteiger partial charge in [0.25, 0.3) is 5.91 Å². The van der Waals surface area contributed by atoms with Crippen molar-refractivity contribution in [3.63, 3.8) is 0 Å². The minimum atomic E-state index is -0.623. The number of nitrogens with one attached hydrogen (secondary N) is 1. The van der Waals surface area contributed by atoms with Gasteiger partial charge in [0, 0.05) is 19.2 Å². The highest BCUT2D eigenvalue weighted by Crippen LogP contribution is 2.24. The van der Waals surface area contributed by atoms with Crippen LogP contribution < -0.4 is 15.8 Å². The number of nitrogens with two attached hydrogens (primary N) is 1. The molecule has 1 aromatic rings. The molecule has 2 unspecified atom stereocenters. The smallest absolute Gasteiger partial charge is 0.250 e. The predicted octanol–water partition coefficient (Wildman–Crippen LogP) is 1.27. The molecule has 2 atom stereocenters. The Bertz CT molecular complexity index is 397. The summed E-state index contributed by atoms with van der Waals surface area (Å²) in [6.45, 7) is 2.04. The Kier molecular flexibility index (Phi) is 8.14. The molecule has 0 saturated carbocycles. The summed E-state index contributed by atoms with van der Waals surface area (Å²) >= 11 is 0. The quantitative estimate of drug-likeness (QED) is 0.827. The molecule has 3 N–H and O–H groups in total. The van der Waals surface area contributed by atoms with Crippen molar-refractivity contribution in [1.82, 2.24) is 5.32 Å². The Morgan fingerprint density at radius 3 is 2.53 bits per heavy atom. The second-order valence-corrected chi connectivity index (χ2v) is 3.93. The number of hydrogen-bond donors (Lipinski definition) is 2. The fraction of sp³-hybridized carbons (Fsp3) is 0.462. The lowest BCUT2D eigenvalue weighted by molar-refractivity contribution is -0.131. The highest BCUT2D eigenvalue weighted by atomic mass is 35.5. The molecule has 0 aliphatic rings. The van der Waals surface area contributed by atoms with Crippen LogP contribution in [0.5, 0.6) is 5.75 Å². The van der Waals surface area contributed by atoms with Crippen molar-refractivity contribution in [2.75, 3.05) is 20.8 Å². The molecule has 0 bridgehead atoms. The van der Waals surface area contributed by atoms with Crippen LogP contribution in [-0.4, -0.2) is 32.8 Å². The summed E-state index contributed by atoms with van der Waals surface area (Å²) in [4.78, 5) is 11.8. The molecule has 0 saturated heterocycles. The van der Waals surface area contributed by atoms with Gasteiger partial charge >= 0.3 is 0 Å². The fourth-order valence-electron chi connectivity index (χ4n) is 1.72. The molecule has 1 rings (SSSR count). The number of halogens is 1. The van der Waals surface area contributed by atoms with Crippen molar-refractivity contribution in [2.24, 2.45) is 5.73 Å². The van der Waals surface area contributed by atoms with E-state index in [-0.39, 0.29) is 30.9 Å². The summed E-state index contributed by atoms with van der Waals surface area (Å²) in [5.41, 5.74) is 6.36. The Balaban J connectivity index is 0.00000324. The van der Waals surface area contributed by atoms with Crippen LogP contribution in [0.1, 0.15) is 18.5 Å². The first-order valence-corrected chi connectivity index (χ1v) is 5.80. The molecule has 108 valence electrons. The number of ether oxygens (including phenoxy) is 2. The van der Waals surface area contributed by atoms with Crippen LogP contribution in [0.2, 0.25) is 0 Å². The van der Waals surface area contributed by atoms with Crippen molar-refractivity contribution in [3.8, 4) is 5.75 Å². The molecular formula is C13H21ClN2O3. The maximum atomic E-state index is 11.8. The number of benzene rings is 1. The number of hydrogen-bond acceptors (Lipinski definition) is 4. The van der Waals surface area contributed by atoms with E-state index in [9.17, 15) is 4.79 Å². The Hall–Kier alpha value is -1.30. The van der Waals surface area contributed by atoms with Gasteiger partial charge in [0.2, 0.25) is 0 Å². The van der Waals surface area contributed by atoms with Crippen LogP contribution in [-0.2, 0) is 9.53 Å². The number of rotatable bonds is 6. The predicted molar refractivity (Wildman–Crippen MR) is 76.7 cm³/mol. The van der Waals surface area contributed by atoms with E-state index < -0.39 is 6.10 Å². The van der Waals surface area contributed by atoms with Gasteiger partial charge in [-0.3, -0.25) is 4.79 Å². The van der Waals surface area contributed by atoms with E-state index in [4.69, 9.17) is 15.2 Å². The van der Waals surface area contributed by atoms with Gasteiger partial charge in [-0.05, 0) is 13.0 Å². The van der Waals surface area contributed by atoms with Crippen LogP contribution in [0.15, 0.2) is 24.3 Å². The van der Waals surface area contributed by atoms with Crippen molar-refractivity contribution < 1.29 is 14.3 Å². The molecule has 0 aliphatic heterocycles. The second kappa shape index (κ2) is 8.74. The maximum Gasteiger partial charge on any atom is 0.250 e. The van der Waals surface area contributed by atoms with Crippen molar-refractivity contribution in [3.05, 3.63) is 29.8 Å². The lowest BCUT2D eigenvalue weighted by Crippen LogP contribution is -2.41. The molecule has 0 aromatic heterocycles. The standard InChI is InChI=1S/C13H20N2O3.ClH/c1-9(15-13(16)12(8-14)18-3)10-6-4-5-7-11(10)17-2;/h4-7,9,12H,8,14H2,1-3H3,(H,15,16);1H. The Labute approximate surface area is 119 Å². The molecule has 0 spiro atoms. The van der Waals surface area contributed by atoms with E-state index in [0.717, 1.165) is 11.3 Å². The van der Waals surface area contributed by atoms with E-state index in [1.807, 2.05) is 31.2 Å². The third-order valence-electron chi connectivity index (χ3n) is 2.76. The van der Waals surface area contributed by atoms with Crippen molar-refractivity contribution >= 4 is 18.3 Å². The summed E-state index contributed by atoms with van der Waals surface area (Å²) in [5, 5.41) is 2.85. The zero-order valence-corrected chi connectivity index (χ0v) is 12.2. The normalized spacial score (nSPS) is 13.1. The minimum Gasteiger partial charge on any atom is -0.496 e. The van der Waals surface area contributed by atoms with E-state index in [2.05, 4.69) is 5.32 Å². The summed E-state index contributed by atoms with van der Waals surface area (Å²) in [6.07, 6.45) is -0.623. The van der Waals surface area contributed by atoms with Gasteiger partial charge in [-0.25, -0.2) is 0 Å². The third-order valence-corrected chi connectivity index (χ3v) is 2.76. The zero-order valence-electron chi connectivity index (χ0n) is 11.4. The van der Waals surface area contributed by atoms with Crippen LogP contribution in [0, 0.1) is 0 Å². The van der Waals surface area contributed by atoms with Gasteiger partial charge in [-0.1, -0.05) is 18.2 Å². The van der Waals surface area contributed by atoms with Crippen LogP contribution in [0.3, 0.4) is 0 Å². The van der Waals surface area contributed by atoms with Crippen LogP contribution in [0.4, 0.5) is 0 Å². The first-order valence-electron chi connectivity index (χ1n) is 5.80. The van der Waals surface area contributed by atoms with Gasteiger partial charge < -0.3 is 20.5 Å². The highest BCUT2D eigenvalue weighted by molar-refractivity contribution is 5.85. The SMILES string of the molecule is COc1ccccc1C(C)NC(=O)C(CN)OC.Cl. The van der Waals surface area contributed by atoms with Gasteiger partial charge in [0.1, 0.15) is 11.9 Å². The van der Waals surface area contributed by atoms with Gasteiger partial charge in [0.15, 0.2) is 0 Å². The average Bonchev–Trinajstić information content (AvgIpc) is 2.40. The largest absolute Gasteiger partial charge is 0.496 e. The number of methoxy groups -OCH3 is 2. The summed E-state index contributed by atoms with van der Waals surface area (Å²) in [5.74, 6) is 0.519. The molecule has 0 radical (unpaired) electrons. The number of carbonyl (C=O) groups excluding carboxylic acids is 1. The zero-order chi connectivity index (χ0) is 13.5. The van der Waals surface area contributed by atoms with E-state index in [1.54, 1.807) is 7.11 Å². The molecular weight excluding hydrogens is 268 g/mol. The summed E-state index contributed by atoms with van der Waals surface area (Å²) in [7, 11) is 3.07. The molecule has 0 fully saturated rings. The van der Waals surface area contributed by atoms with Crippen molar-refractivity contribution in [2.45, 2.75) is 19.1 Å². The number of para-hydroxylation sites is 1. The monoisotopic (exact) mass is 288 g/mol. The Morgan fingerprint density at radius 2 is 2.00 bits per heavy atom. The molecule has 0 heterocycles. The summed E-state index contributed by atoms with van der Waals surface area (Å²) in [6, 6.07) is 7.38. The summed E-state index contributed by atoms with van der Waals surface area (Å²) < 4.78 is 10.2. The minimum absolute atomic E-state index is 0. The lowest BCUT2D eigenvalue weighted by atomic mass is 10.1. The average molecular weight is 289 g/mol. The van der Waals surface area contributed by atoms with Crippen LogP contribution in [0.25, 0.3) is 0 Å². The molecule has 0 aliphatic carbocycles. The first-order chi connectivity index (χ1) is 8.63. The van der Waals surface area contributed by atoms with Gasteiger partial charge in [0.05, 0.1) is 13.2 Å².